The molecule has 0 spiro atoms. The van der Waals surface area contributed by atoms with Gasteiger partial charge in [-0.1, -0.05) is 5.21 Å². The Morgan fingerprint density at radius 3 is 2.69 bits per heavy atom. The number of nitrogens with zero attached hydrogens (tertiary/aromatic N) is 6. The van der Waals surface area contributed by atoms with Crippen LogP contribution in [0, 0.1) is 5.82 Å². The quantitative estimate of drug-likeness (QED) is 0.559. The van der Waals surface area contributed by atoms with Crippen molar-refractivity contribution in [2.75, 3.05) is 42.5 Å². The van der Waals surface area contributed by atoms with Crippen LogP contribution in [0.4, 0.5) is 20.6 Å². The summed E-state index contributed by atoms with van der Waals surface area (Å²) in [5, 5.41) is 8.01. The second-order valence-corrected chi connectivity index (χ2v) is 8.22. The number of halogens is 2. The summed E-state index contributed by atoms with van der Waals surface area (Å²) in [6.07, 6.45) is 2.40. The maximum absolute atomic E-state index is 15.0. The molecule has 3 aromatic rings. The number of carbonyl (C=O) groups is 1. The lowest BCUT2D eigenvalue weighted by atomic mass is 10.2. The highest BCUT2D eigenvalue weighted by atomic mass is 35.5. The lowest BCUT2D eigenvalue weighted by Gasteiger charge is -2.36. The second-order valence-electron chi connectivity index (χ2n) is 7.85. The molecule has 2 saturated heterocycles. The largest absolute Gasteiger partial charge is 0.448 e. The summed E-state index contributed by atoms with van der Waals surface area (Å²) in [5.41, 5.74) is 1.01. The molecule has 2 aliphatic rings. The molecule has 2 aromatic heterocycles. The van der Waals surface area contributed by atoms with E-state index >= 15 is 0 Å². The van der Waals surface area contributed by atoms with Crippen LogP contribution in [-0.4, -0.2) is 64.8 Å². The Hall–Kier alpha value is -3.11. The highest BCUT2D eigenvalue weighted by Gasteiger charge is 2.33. The number of anilines is 2. The third kappa shape index (κ3) is 4.42. The molecule has 11 heteroatoms. The molecule has 2 aliphatic heterocycles. The molecule has 0 bridgehead atoms. The highest BCUT2D eigenvalue weighted by Crippen LogP contribution is 2.29. The average molecular weight is 461 g/mol. The van der Waals surface area contributed by atoms with Crippen LogP contribution in [0.5, 0.6) is 0 Å². The van der Waals surface area contributed by atoms with E-state index in [1.54, 1.807) is 35.3 Å². The van der Waals surface area contributed by atoms with Gasteiger partial charge in [-0.25, -0.2) is 13.9 Å². The van der Waals surface area contributed by atoms with Crippen LogP contribution in [0.2, 0.25) is 5.22 Å². The molecule has 0 saturated carbocycles. The van der Waals surface area contributed by atoms with Gasteiger partial charge in [-0.3, -0.25) is 9.80 Å². The number of aromatic nitrogens is 3. The third-order valence-electron chi connectivity index (χ3n) is 5.70. The molecule has 2 fully saturated rings. The van der Waals surface area contributed by atoms with Gasteiger partial charge in [0.25, 0.3) is 0 Å². The molecule has 32 heavy (non-hydrogen) atoms. The van der Waals surface area contributed by atoms with Crippen LogP contribution in [0.15, 0.2) is 47.1 Å². The molecule has 4 heterocycles. The minimum atomic E-state index is -0.492. The Labute approximate surface area is 188 Å². The van der Waals surface area contributed by atoms with Crippen LogP contribution < -0.4 is 9.80 Å². The van der Waals surface area contributed by atoms with Crippen molar-refractivity contribution in [3.05, 3.63) is 59.5 Å². The first-order chi connectivity index (χ1) is 15.5. The molecule has 9 nitrogen and oxygen atoms in total. The third-order valence-corrected chi connectivity index (χ3v) is 5.90. The van der Waals surface area contributed by atoms with E-state index in [2.05, 4.69) is 15.2 Å². The number of carbonyl (C=O) groups excluding carboxylic acids is 1. The van der Waals surface area contributed by atoms with Crippen molar-refractivity contribution in [3.63, 3.8) is 0 Å². The standard InChI is InChI=1S/C21H22ClFN6O3/c22-20-4-2-16(31-20)12-26-7-9-27(10-8-26)19-3-1-15(11-18(19)23)29-14-17(32-21(29)30)13-28-6-5-24-25-28/h1-6,11,17H,7-10,12-14H2/t17-/m0/s1. The number of benzene rings is 1. The Bertz CT molecular complexity index is 1080. The van der Waals surface area contributed by atoms with Gasteiger partial charge in [0.15, 0.2) is 5.22 Å². The zero-order valence-corrected chi connectivity index (χ0v) is 18.0. The van der Waals surface area contributed by atoms with Crippen LogP contribution in [-0.2, 0) is 17.8 Å². The molecule has 5 rings (SSSR count). The summed E-state index contributed by atoms with van der Waals surface area (Å²) in [6, 6.07) is 8.48. The van der Waals surface area contributed by atoms with Crippen molar-refractivity contribution in [1.82, 2.24) is 19.9 Å². The Morgan fingerprint density at radius 2 is 2.00 bits per heavy atom. The van der Waals surface area contributed by atoms with Crippen molar-refractivity contribution in [3.8, 4) is 0 Å². The summed E-state index contributed by atoms with van der Waals surface area (Å²) in [5.74, 6) is 0.458. The van der Waals surface area contributed by atoms with Gasteiger partial charge in [0.05, 0.1) is 37.2 Å². The molecule has 1 atom stereocenters. The Morgan fingerprint density at radius 1 is 1.16 bits per heavy atom. The van der Waals surface area contributed by atoms with Crippen molar-refractivity contribution < 1.29 is 18.3 Å². The summed E-state index contributed by atoms with van der Waals surface area (Å²) in [6.45, 7) is 4.34. The summed E-state index contributed by atoms with van der Waals surface area (Å²) < 4.78 is 27.4. The molecule has 0 unspecified atom stereocenters. The Balaban J connectivity index is 1.20. The number of hydrogen-bond acceptors (Lipinski definition) is 7. The van der Waals surface area contributed by atoms with Crippen LogP contribution in [0.3, 0.4) is 0 Å². The van der Waals surface area contributed by atoms with Gasteiger partial charge >= 0.3 is 6.09 Å². The second kappa shape index (κ2) is 8.79. The van der Waals surface area contributed by atoms with Crippen molar-refractivity contribution in [1.29, 1.82) is 0 Å². The van der Waals surface area contributed by atoms with Gasteiger partial charge in [-0.2, -0.15) is 0 Å². The zero-order chi connectivity index (χ0) is 22.1. The lowest BCUT2D eigenvalue weighted by molar-refractivity contribution is 0.129. The molecule has 0 aliphatic carbocycles. The average Bonchev–Trinajstić information content (AvgIpc) is 3.51. The number of cyclic esters (lactones) is 1. The van der Waals surface area contributed by atoms with Crippen LogP contribution in [0.1, 0.15) is 5.76 Å². The molecule has 1 aromatic carbocycles. The smallest absolute Gasteiger partial charge is 0.414 e. The van der Waals surface area contributed by atoms with E-state index < -0.39 is 6.09 Å². The van der Waals surface area contributed by atoms with E-state index in [1.165, 1.54) is 11.0 Å². The minimum absolute atomic E-state index is 0.326. The number of hydrogen-bond donors (Lipinski definition) is 0. The number of piperazine rings is 1. The van der Waals surface area contributed by atoms with Crippen molar-refractivity contribution >= 4 is 29.1 Å². The number of ether oxygens (including phenoxy) is 1. The monoisotopic (exact) mass is 460 g/mol. The zero-order valence-electron chi connectivity index (χ0n) is 17.2. The fourth-order valence-corrected chi connectivity index (χ4v) is 4.25. The fourth-order valence-electron chi connectivity index (χ4n) is 4.09. The van der Waals surface area contributed by atoms with E-state index in [4.69, 9.17) is 20.8 Å². The molecular weight excluding hydrogens is 439 g/mol. The van der Waals surface area contributed by atoms with E-state index in [1.807, 2.05) is 11.0 Å². The van der Waals surface area contributed by atoms with E-state index in [9.17, 15) is 9.18 Å². The molecule has 1 amide bonds. The fraction of sp³-hybridized carbons (Fsp3) is 0.381. The molecular formula is C21H22ClFN6O3. The summed E-state index contributed by atoms with van der Waals surface area (Å²) in [7, 11) is 0. The van der Waals surface area contributed by atoms with Crippen molar-refractivity contribution in [2.45, 2.75) is 19.2 Å². The maximum Gasteiger partial charge on any atom is 0.414 e. The van der Waals surface area contributed by atoms with Gasteiger partial charge in [0, 0.05) is 32.4 Å². The minimum Gasteiger partial charge on any atom is -0.448 e. The van der Waals surface area contributed by atoms with E-state index in [0.29, 0.717) is 49.3 Å². The maximum atomic E-state index is 15.0. The van der Waals surface area contributed by atoms with E-state index in [0.717, 1.165) is 18.8 Å². The highest BCUT2D eigenvalue weighted by molar-refractivity contribution is 6.28. The topological polar surface area (TPSA) is 79.9 Å². The number of furan rings is 1. The van der Waals surface area contributed by atoms with Crippen LogP contribution >= 0.6 is 11.6 Å². The molecule has 0 N–H and O–H groups in total. The SMILES string of the molecule is O=C1O[C@@H](Cn2ccnn2)CN1c1ccc(N2CCN(Cc3ccc(Cl)o3)CC2)c(F)c1. The first kappa shape index (κ1) is 20.8. The van der Waals surface area contributed by atoms with Gasteiger partial charge in [0.2, 0.25) is 0 Å². The molecule has 0 radical (unpaired) electrons. The Kier molecular flexibility index (Phi) is 5.71. The van der Waals surface area contributed by atoms with Crippen LogP contribution in [0.25, 0.3) is 0 Å². The van der Waals surface area contributed by atoms with Gasteiger partial charge in [0.1, 0.15) is 17.7 Å². The number of amides is 1. The van der Waals surface area contributed by atoms with Gasteiger partial charge in [-0.05, 0) is 41.9 Å². The normalized spacial score (nSPS) is 19.6. The van der Waals surface area contributed by atoms with E-state index in [-0.39, 0.29) is 11.9 Å². The first-order valence-corrected chi connectivity index (χ1v) is 10.8. The predicted molar refractivity (Wildman–Crippen MR) is 115 cm³/mol. The summed E-state index contributed by atoms with van der Waals surface area (Å²) >= 11 is 5.83. The van der Waals surface area contributed by atoms with Gasteiger partial charge < -0.3 is 14.1 Å². The number of rotatable bonds is 6. The summed E-state index contributed by atoms with van der Waals surface area (Å²) in [4.78, 5) is 18.0. The lowest BCUT2D eigenvalue weighted by Crippen LogP contribution is -2.46. The predicted octanol–water partition coefficient (Wildman–Crippen LogP) is 3.01. The first-order valence-electron chi connectivity index (χ1n) is 10.4. The van der Waals surface area contributed by atoms with Crippen molar-refractivity contribution in [2.24, 2.45) is 0 Å². The van der Waals surface area contributed by atoms with Gasteiger partial charge in [-0.15, -0.1) is 5.10 Å². The molecule has 168 valence electrons.